The van der Waals surface area contributed by atoms with Gasteiger partial charge in [-0.2, -0.15) is 0 Å². The van der Waals surface area contributed by atoms with E-state index < -0.39 is 0 Å². The molecule has 2 heterocycles. The second kappa shape index (κ2) is 8.70. The number of rotatable bonds is 5. The summed E-state index contributed by atoms with van der Waals surface area (Å²) in [5, 5.41) is 3.74. The molecule has 2 aliphatic heterocycles. The van der Waals surface area contributed by atoms with Crippen molar-refractivity contribution in [2.24, 2.45) is 5.92 Å². The lowest BCUT2D eigenvalue weighted by Gasteiger charge is -2.39. The van der Waals surface area contributed by atoms with Crippen LogP contribution in [0.25, 0.3) is 0 Å². The lowest BCUT2D eigenvalue weighted by atomic mass is 9.86. The van der Waals surface area contributed by atoms with Crippen LogP contribution in [0, 0.1) is 5.92 Å². The maximum atomic E-state index is 6.28. The van der Waals surface area contributed by atoms with Gasteiger partial charge in [-0.15, -0.1) is 0 Å². The molecular formula is C26H36N2O2. The molecule has 1 N–H and O–H groups in total. The molecular weight excluding hydrogens is 372 g/mol. The largest absolute Gasteiger partial charge is 0.498 e. The highest BCUT2D eigenvalue weighted by atomic mass is 16.5. The van der Waals surface area contributed by atoms with Crippen LogP contribution in [0.15, 0.2) is 59.9 Å². The van der Waals surface area contributed by atoms with E-state index in [1.807, 2.05) is 0 Å². The molecule has 1 aliphatic carbocycles. The molecule has 3 aliphatic rings. The number of nitrogens with one attached hydrogen (secondary N) is 1. The molecule has 0 aromatic heterocycles. The molecule has 1 fully saturated rings. The summed E-state index contributed by atoms with van der Waals surface area (Å²) in [7, 11) is 1.75. The van der Waals surface area contributed by atoms with E-state index in [9.17, 15) is 0 Å². The molecule has 2 unspecified atom stereocenters. The van der Waals surface area contributed by atoms with E-state index in [0.717, 1.165) is 31.9 Å². The number of hydrogen-bond donors (Lipinski definition) is 1. The summed E-state index contributed by atoms with van der Waals surface area (Å²) in [6.45, 7) is 12.8. The van der Waals surface area contributed by atoms with Crippen molar-refractivity contribution < 1.29 is 9.47 Å². The minimum Gasteiger partial charge on any atom is -0.498 e. The fraction of sp³-hybridized carbons (Fsp3) is 0.538. The lowest BCUT2D eigenvalue weighted by Crippen LogP contribution is -2.47. The number of piperazine rings is 1. The second-order valence-electron chi connectivity index (χ2n) is 9.60. The van der Waals surface area contributed by atoms with Gasteiger partial charge >= 0.3 is 0 Å². The first-order valence-electron chi connectivity index (χ1n) is 11.2. The normalized spacial score (nSPS) is 28.7. The molecule has 0 spiro atoms. The smallest absolute Gasteiger partial charge is 0.126 e. The maximum Gasteiger partial charge on any atom is 0.126 e. The van der Waals surface area contributed by atoms with Crippen molar-refractivity contribution in [3.8, 4) is 0 Å². The third-order valence-electron chi connectivity index (χ3n) is 6.41. The summed E-state index contributed by atoms with van der Waals surface area (Å²) < 4.78 is 12.0. The number of nitrogens with zero attached hydrogens (tertiary/aromatic N) is 1. The van der Waals surface area contributed by atoms with Crippen LogP contribution in [0.5, 0.6) is 0 Å². The zero-order valence-corrected chi connectivity index (χ0v) is 19.0. The second-order valence-corrected chi connectivity index (χ2v) is 9.60. The quantitative estimate of drug-likeness (QED) is 0.724. The third kappa shape index (κ3) is 4.56. The number of ether oxygens (including phenoxy) is 2. The zero-order chi connectivity index (χ0) is 21.3. The van der Waals surface area contributed by atoms with Crippen molar-refractivity contribution in [1.29, 1.82) is 0 Å². The van der Waals surface area contributed by atoms with Gasteiger partial charge in [0.05, 0.1) is 12.7 Å². The van der Waals surface area contributed by atoms with Gasteiger partial charge in [-0.05, 0) is 42.5 Å². The SMILES string of the molecule is COC1=CC(CN2CCN[C@H](c3ccccc3C(C)C)C2)=CC2C=CC(C)(C)OC12. The van der Waals surface area contributed by atoms with Crippen LogP contribution in [0.2, 0.25) is 0 Å². The fourth-order valence-electron chi connectivity index (χ4n) is 4.89. The van der Waals surface area contributed by atoms with Crippen molar-refractivity contribution in [1.82, 2.24) is 10.2 Å². The molecule has 0 radical (unpaired) electrons. The Morgan fingerprint density at radius 3 is 2.83 bits per heavy atom. The maximum absolute atomic E-state index is 6.28. The molecule has 4 rings (SSSR count). The molecule has 4 nitrogen and oxygen atoms in total. The third-order valence-corrected chi connectivity index (χ3v) is 6.41. The van der Waals surface area contributed by atoms with Crippen molar-refractivity contribution in [2.45, 2.75) is 51.4 Å². The number of hydrogen-bond acceptors (Lipinski definition) is 4. The van der Waals surface area contributed by atoms with Gasteiger partial charge in [0, 0.05) is 38.1 Å². The number of fused-ring (bicyclic) bond motifs is 1. The van der Waals surface area contributed by atoms with E-state index in [-0.39, 0.29) is 17.6 Å². The fourth-order valence-corrected chi connectivity index (χ4v) is 4.89. The first kappa shape index (κ1) is 21.4. The monoisotopic (exact) mass is 408 g/mol. The molecule has 0 amide bonds. The summed E-state index contributed by atoms with van der Waals surface area (Å²) in [6.07, 6.45) is 8.98. The van der Waals surface area contributed by atoms with Crippen LogP contribution in [0.3, 0.4) is 0 Å². The van der Waals surface area contributed by atoms with Crippen molar-refractivity contribution in [3.05, 3.63) is 71.0 Å². The van der Waals surface area contributed by atoms with Gasteiger partial charge in [0.2, 0.25) is 0 Å². The Morgan fingerprint density at radius 1 is 1.27 bits per heavy atom. The van der Waals surface area contributed by atoms with Gasteiger partial charge in [-0.1, -0.05) is 56.3 Å². The van der Waals surface area contributed by atoms with Crippen LogP contribution in [-0.2, 0) is 9.47 Å². The minimum atomic E-state index is -0.250. The Balaban J connectivity index is 1.49. The van der Waals surface area contributed by atoms with Crippen LogP contribution in [0.4, 0.5) is 0 Å². The molecule has 4 heteroatoms. The van der Waals surface area contributed by atoms with Crippen molar-refractivity contribution >= 4 is 0 Å². The Labute approximate surface area is 181 Å². The molecule has 162 valence electrons. The summed E-state index contributed by atoms with van der Waals surface area (Å²) >= 11 is 0. The highest BCUT2D eigenvalue weighted by Gasteiger charge is 2.36. The van der Waals surface area contributed by atoms with Gasteiger partial charge in [0.25, 0.3) is 0 Å². The van der Waals surface area contributed by atoms with Gasteiger partial charge in [0.15, 0.2) is 0 Å². The first-order chi connectivity index (χ1) is 14.4. The average Bonchev–Trinajstić information content (AvgIpc) is 2.73. The van der Waals surface area contributed by atoms with Gasteiger partial charge in [-0.25, -0.2) is 0 Å². The highest BCUT2D eigenvalue weighted by Crippen LogP contribution is 2.36. The summed E-state index contributed by atoms with van der Waals surface area (Å²) in [4.78, 5) is 2.56. The molecule has 1 aromatic carbocycles. The van der Waals surface area contributed by atoms with Crippen LogP contribution < -0.4 is 5.32 Å². The zero-order valence-electron chi connectivity index (χ0n) is 19.0. The van der Waals surface area contributed by atoms with E-state index in [2.05, 4.69) is 86.5 Å². The molecule has 0 saturated carbocycles. The molecule has 3 atom stereocenters. The van der Waals surface area contributed by atoms with Gasteiger partial charge in [-0.3, -0.25) is 4.90 Å². The summed E-state index contributed by atoms with van der Waals surface area (Å²) in [6, 6.07) is 9.25. The molecule has 0 bridgehead atoms. The standard InChI is InChI=1S/C26H36N2O2/c1-18(2)21-8-6-7-9-22(21)23-17-28(13-12-27-23)16-19-14-20-10-11-26(3,4)30-25(20)24(15-19)29-5/h6-11,14-15,18,20,23,25,27H,12-13,16-17H2,1-5H3/t20?,23-,25?/m0/s1. The van der Waals surface area contributed by atoms with Crippen LogP contribution in [0.1, 0.15) is 50.8 Å². The van der Waals surface area contributed by atoms with Crippen LogP contribution >= 0.6 is 0 Å². The van der Waals surface area contributed by atoms with Crippen LogP contribution in [-0.4, -0.2) is 49.9 Å². The predicted molar refractivity (Wildman–Crippen MR) is 122 cm³/mol. The van der Waals surface area contributed by atoms with E-state index in [1.165, 1.54) is 16.7 Å². The molecule has 1 aromatic rings. The topological polar surface area (TPSA) is 33.7 Å². The predicted octanol–water partition coefficient (Wildman–Crippen LogP) is 4.58. The van der Waals surface area contributed by atoms with Crippen molar-refractivity contribution in [3.63, 3.8) is 0 Å². The molecule has 1 saturated heterocycles. The first-order valence-corrected chi connectivity index (χ1v) is 11.2. The Hall–Kier alpha value is -1.88. The number of benzene rings is 1. The number of methoxy groups -OCH3 is 1. The Bertz CT molecular complexity index is 852. The summed E-state index contributed by atoms with van der Waals surface area (Å²) in [5.74, 6) is 1.71. The van der Waals surface area contributed by atoms with Gasteiger partial charge in [0.1, 0.15) is 11.9 Å². The lowest BCUT2D eigenvalue weighted by molar-refractivity contribution is -0.0657. The Kier molecular flexibility index (Phi) is 6.19. The minimum absolute atomic E-state index is 0.0209. The highest BCUT2D eigenvalue weighted by molar-refractivity contribution is 5.36. The van der Waals surface area contributed by atoms with E-state index in [1.54, 1.807) is 7.11 Å². The van der Waals surface area contributed by atoms with Gasteiger partial charge < -0.3 is 14.8 Å². The summed E-state index contributed by atoms with van der Waals surface area (Å²) in [5.41, 5.74) is 3.96. The Morgan fingerprint density at radius 2 is 2.07 bits per heavy atom. The van der Waals surface area contributed by atoms with E-state index >= 15 is 0 Å². The van der Waals surface area contributed by atoms with E-state index in [4.69, 9.17) is 9.47 Å². The van der Waals surface area contributed by atoms with E-state index in [0.29, 0.717) is 12.0 Å². The average molecular weight is 409 g/mol. The van der Waals surface area contributed by atoms with Crippen molar-refractivity contribution in [2.75, 3.05) is 33.3 Å². The molecule has 30 heavy (non-hydrogen) atoms.